The van der Waals surface area contributed by atoms with Gasteiger partial charge in [0.25, 0.3) is 0 Å². The van der Waals surface area contributed by atoms with Crippen LogP contribution < -0.4 is 0 Å². The number of aromatic amines is 1. The van der Waals surface area contributed by atoms with Crippen LogP contribution in [0.4, 0.5) is 8.78 Å². The van der Waals surface area contributed by atoms with E-state index in [1.807, 2.05) is 0 Å². The number of nitrogens with one attached hydrogen (secondary N) is 1. The fourth-order valence-electron chi connectivity index (χ4n) is 1.84. The number of aromatic nitrogens is 2. The Bertz CT molecular complexity index is 786. The molecule has 0 aliphatic carbocycles. The molecule has 0 radical (unpaired) electrons. The van der Waals surface area contributed by atoms with Crippen LogP contribution in [0.25, 0.3) is 22.4 Å². The summed E-state index contributed by atoms with van der Waals surface area (Å²) in [7, 11) is 0. The highest BCUT2D eigenvalue weighted by Crippen LogP contribution is 2.31. The lowest BCUT2D eigenvalue weighted by atomic mass is 10.2. The zero-order valence-corrected chi connectivity index (χ0v) is 10.2. The first kappa shape index (κ1) is 11.9. The average molecular weight is 281 g/mol. The SMILES string of the molecule is Oc1ccc(Cl)cc1-c1nc2c(F)c(F)ccc2[nH]1. The maximum absolute atomic E-state index is 13.6. The zero-order chi connectivity index (χ0) is 13.6. The van der Waals surface area contributed by atoms with Crippen molar-refractivity contribution in [2.45, 2.75) is 0 Å². The minimum atomic E-state index is -1.03. The number of fused-ring (bicyclic) bond motifs is 1. The molecule has 0 unspecified atom stereocenters. The summed E-state index contributed by atoms with van der Waals surface area (Å²) in [6.45, 7) is 0. The van der Waals surface area contributed by atoms with Gasteiger partial charge in [-0.25, -0.2) is 13.8 Å². The molecule has 19 heavy (non-hydrogen) atoms. The largest absolute Gasteiger partial charge is 0.507 e. The van der Waals surface area contributed by atoms with Crippen LogP contribution >= 0.6 is 11.6 Å². The second-order valence-electron chi connectivity index (χ2n) is 4.00. The summed E-state index contributed by atoms with van der Waals surface area (Å²) < 4.78 is 26.7. The lowest BCUT2D eigenvalue weighted by molar-refractivity contribution is 0.477. The fraction of sp³-hybridized carbons (Fsp3) is 0. The molecule has 3 nitrogen and oxygen atoms in total. The van der Waals surface area contributed by atoms with Crippen molar-refractivity contribution < 1.29 is 13.9 Å². The van der Waals surface area contributed by atoms with E-state index in [-0.39, 0.29) is 17.1 Å². The van der Waals surface area contributed by atoms with Crippen molar-refractivity contribution in [3.8, 4) is 17.1 Å². The molecule has 0 saturated heterocycles. The van der Waals surface area contributed by atoms with Gasteiger partial charge >= 0.3 is 0 Å². The first-order chi connectivity index (χ1) is 9.06. The molecule has 0 saturated carbocycles. The van der Waals surface area contributed by atoms with Gasteiger partial charge in [0.15, 0.2) is 11.6 Å². The number of rotatable bonds is 1. The predicted octanol–water partition coefficient (Wildman–Crippen LogP) is 3.87. The smallest absolute Gasteiger partial charge is 0.186 e. The molecule has 0 bridgehead atoms. The molecular formula is C13H7ClF2N2O. The maximum Gasteiger partial charge on any atom is 0.186 e. The number of benzene rings is 2. The highest BCUT2D eigenvalue weighted by atomic mass is 35.5. The fourth-order valence-corrected chi connectivity index (χ4v) is 2.02. The Balaban J connectivity index is 2.26. The molecule has 1 aromatic heterocycles. The summed E-state index contributed by atoms with van der Waals surface area (Å²) in [5, 5.41) is 10.2. The second-order valence-corrected chi connectivity index (χ2v) is 4.44. The summed E-state index contributed by atoms with van der Waals surface area (Å²) in [6.07, 6.45) is 0. The summed E-state index contributed by atoms with van der Waals surface area (Å²) in [4.78, 5) is 6.77. The van der Waals surface area contributed by atoms with Gasteiger partial charge in [-0.1, -0.05) is 11.6 Å². The van der Waals surface area contributed by atoms with Crippen LogP contribution in [0.15, 0.2) is 30.3 Å². The number of halogens is 3. The van der Waals surface area contributed by atoms with Gasteiger partial charge in [0, 0.05) is 5.02 Å². The molecule has 2 aromatic carbocycles. The summed E-state index contributed by atoms with van der Waals surface area (Å²) in [5.41, 5.74) is 0.547. The number of H-pyrrole nitrogens is 1. The average Bonchev–Trinajstić information content (AvgIpc) is 2.81. The van der Waals surface area contributed by atoms with E-state index in [0.717, 1.165) is 6.07 Å². The van der Waals surface area contributed by atoms with Crippen LogP contribution in [0.2, 0.25) is 5.02 Å². The second kappa shape index (κ2) is 4.20. The molecule has 0 spiro atoms. The molecule has 1 heterocycles. The molecule has 3 rings (SSSR count). The highest BCUT2D eigenvalue weighted by molar-refractivity contribution is 6.30. The van der Waals surface area contributed by atoms with Crippen molar-refractivity contribution in [3.63, 3.8) is 0 Å². The van der Waals surface area contributed by atoms with Crippen molar-refractivity contribution in [1.82, 2.24) is 9.97 Å². The van der Waals surface area contributed by atoms with Crippen LogP contribution in [-0.2, 0) is 0 Å². The minimum Gasteiger partial charge on any atom is -0.507 e. The molecule has 2 N–H and O–H groups in total. The Labute approximate surface area is 111 Å². The number of nitrogens with zero attached hydrogens (tertiary/aromatic N) is 1. The van der Waals surface area contributed by atoms with Crippen LogP contribution in [0.3, 0.4) is 0 Å². The van der Waals surface area contributed by atoms with Crippen molar-refractivity contribution in [2.24, 2.45) is 0 Å². The Kier molecular flexibility index (Phi) is 2.64. The summed E-state index contributed by atoms with van der Waals surface area (Å²) in [6, 6.07) is 6.80. The third-order valence-electron chi connectivity index (χ3n) is 2.76. The van der Waals surface area contributed by atoms with Crippen LogP contribution in [0.5, 0.6) is 5.75 Å². The van der Waals surface area contributed by atoms with Gasteiger partial charge in [-0.3, -0.25) is 0 Å². The minimum absolute atomic E-state index is 0.0515. The van der Waals surface area contributed by atoms with Gasteiger partial charge in [0.05, 0.1) is 11.1 Å². The van der Waals surface area contributed by atoms with Crippen molar-refractivity contribution >= 4 is 22.6 Å². The molecule has 0 amide bonds. The lowest BCUT2D eigenvalue weighted by Crippen LogP contribution is -1.84. The Hall–Kier alpha value is -2.14. The van der Waals surface area contributed by atoms with Gasteiger partial charge in [-0.05, 0) is 30.3 Å². The van der Waals surface area contributed by atoms with Crippen LogP contribution in [-0.4, -0.2) is 15.1 Å². The summed E-state index contributed by atoms with van der Waals surface area (Å²) in [5.74, 6) is -1.83. The maximum atomic E-state index is 13.6. The van der Waals surface area contributed by atoms with Crippen LogP contribution in [0.1, 0.15) is 0 Å². The van der Waals surface area contributed by atoms with E-state index < -0.39 is 11.6 Å². The van der Waals surface area contributed by atoms with Gasteiger partial charge < -0.3 is 10.1 Å². The number of phenolic OH excluding ortho intramolecular Hbond substituents is 1. The van der Waals surface area contributed by atoms with E-state index >= 15 is 0 Å². The van der Waals surface area contributed by atoms with E-state index in [0.29, 0.717) is 16.1 Å². The third-order valence-corrected chi connectivity index (χ3v) is 2.99. The van der Waals surface area contributed by atoms with Gasteiger partial charge in [0.1, 0.15) is 17.1 Å². The molecule has 6 heteroatoms. The monoisotopic (exact) mass is 280 g/mol. The number of imidazole rings is 1. The van der Waals surface area contributed by atoms with Crippen LogP contribution in [0, 0.1) is 11.6 Å². The normalized spacial score (nSPS) is 11.1. The first-order valence-electron chi connectivity index (χ1n) is 5.39. The Morgan fingerprint density at radius 3 is 2.74 bits per heavy atom. The van der Waals surface area contributed by atoms with Gasteiger partial charge in [-0.15, -0.1) is 0 Å². The van der Waals surface area contributed by atoms with E-state index in [9.17, 15) is 13.9 Å². The topological polar surface area (TPSA) is 48.9 Å². The van der Waals surface area contributed by atoms with Gasteiger partial charge in [-0.2, -0.15) is 0 Å². The molecule has 0 aliphatic rings. The lowest BCUT2D eigenvalue weighted by Gasteiger charge is -2.00. The predicted molar refractivity (Wildman–Crippen MR) is 68.1 cm³/mol. The van der Waals surface area contributed by atoms with E-state index in [1.165, 1.54) is 24.3 Å². The third kappa shape index (κ3) is 1.92. The Morgan fingerprint density at radius 2 is 1.95 bits per heavy atom. The Morgan fingerprint density at radius 1 is 1.16 bits per heavy atom. The molecule has 0 aliphatic heterocycles. The molecule has 0 atom stereocenters. The highest BCUT2D eigenvalue weighted by Gasteiger charge is 2.15. The van der Waals surface area contributed by atoms with Gasteiger partial charge in [0.2, 0.25) is 0 Å². The quantitative estimate of drug-likeness (QED) is 0.711. The zero-order valence-electron chi connectivity index (χ0n) is 9.42. The number of aromatic hydroxyl groups is 1. The molecule has 3 aromatic rings. The van der Waals surface area contributed by atoms with Crippen molar-refractivity contribution in [1.29, 1.82) is 0 Å². The van der Waals surface area contributed by atoms with E-state index in [4.69, 9.17) is 11.6 Å². The first-order valence-corrected chi connectivity index (χ1v) is 5.76. The van der Waals surface area contributed by atoms with Crippen molar-refractivity contribution in [3.05, 3.63) is 47.0 Å². The molecule has 96 valence electrons. The van der Waals surface area contributed by atoms with Crippen molar-refractivity contribution in [2.75, 3.05) is 0 Å². The number of phenols is 1. The summed E-state index contributed by atoms with van der Waals surface area (Å²) >= 11 is 5.84. The van der Waals surface area contributed by atoms with E-state index in [1.54, 1.807) is 0 Å². The standard InChI is InChI=1S/C13H7ClF2N2O/c14-6-1-4-10(19)7(5-6)13-17-9-3-2-8(15)11(16)12(9)18-13/h1-5,19H,(H,17,18). The molecular weight excluding hydrogens is 274 g/mol. The van der Waals surface area contributed by atoms with E-state index in [2.05, 4.69) is 9.97 Å². The number of hydrogen-bond acceptors (Lipinski definition) is 2. The molecule has 0 fully saturated rings. The number of hydrogen-bond donors (Lipinski definition) is 2.